The lowest BCUT2D eigenvalue weighted by Crippen LogP contribution is -2.04. The molecule has 2 aromatic rings. The molecule has 0 aliphatic rings. The fourth-order valence-corrected chi connectivity index (χ4v) is 2.44. The van der Waals surface area contributed by atoms with Crippen LogP contribution < -0.4 is 10.5 Å². The average Bonchev–Trinajstić information content (AvgIpc) is 2.33. The number of nitrogens with two attached hydrogens (primary N) is 1. The first-order valence-corrected chi connectivity index (χ1v) is 7.39. The molecule has 0 aromatic heterocycles. The number of para-hydroxylation sites is 1. The standard InChI is InChI=1S/C13H11F2NO3S/c1-20(17,18)12-4-2-3-11(13(12)16)19-10-6-5-8(14)7-9(10)15/h2-7H,16H2,1H3. The molecule has 0 atom stereocenters. The molecule has 20 heavy (non-hydrogen) atoms. The molecule has 2 aromatic carbocycles. The predicted molar refractivity (Wildman–Crippen MR) is 70.4 cm³/mol. The molecular formula is C13H11F2NO3S. The van der Waals surface area contributed by atoms with Gasteiger partial charge in [-0.2, -0.15) is 0 Å². The number of ether oxygens (including phenoxy) is 1. The zero-order valence-electron chi connectivity index (χ0n) is 10.4. The van der Waals surface area contributed by atoms with Gasteiger partial charge in [0, 0.05) is 12.3 Å². The second-order valence-electron chi connectivity index (χ2n) is 4.12. The highest BCUT2D eigenvalue weighted by atomic mass is 32.2. The van der Waals surface area contributed by atoms with Crippen molar-refractivity contribution in [3.05, 3.63) is 48.0 Å². The molecule has 0 saturated carbocycles. The Morgan fingerprint density at radius 3 is 2.40 bits per heavy atom. The molecule has 0 saturated heterocycles. The number of rotatable bonds is 3. The second-order valence-corrected chi connectivity index (χ2v) is 6.10. The van der Waals surface area contributed by atoms with Crippen LogP contribution in [0, 0.1) is 11.6 Å². The van der Waals surface area contributed by atoms with E-state index in [0.717, 1.165) is 18.4 Å². The number of anilines is 1. The molecule has 4 nitrogen and oxygen atoms in total. The lowest BCUT2D eigenvalue weighted by atomic mass is 10.3. The number of halogens is 2. The molecule has 106 valence electrons. The minimum Gasteiger partial charge on any atom is -0.452 e. The summed E-state index contributed by atoms with van der Waals surface area (Å²) in [5.41, 5.74) is 5.57. The van der Waals surface area contributed by atoms with Crippen LogP contribution in [-0.4, -0.2) is 14.7 Å². The van der Waals surface area contributed by atoms with E-state index in [2.05, 4.69) is 0 Å². The number of nitrogen functional groups attached to an aromatic ring is 1. The van der Waals surface area contributed by atoms with Gasteiger partial charge in [-0.3, -0.25) is 0 Å². The molecule has 2 rings (SSSR count). The lowest BCUT2D eigenvalue weighted by Gasteiger charge is -2.11. The summed E-state index contributed by atoms with van der Waals surface area (Å²) in [4.78, 5) is -0.113. The zero-order valence-corrected chi connectivity index (χ0v) is 11.2. The first kappa shape index (κ1) is 14.3. The van der Waals surface area contributed by atoms with E-state index >= 15 is 0 Å². The Morgan fingerprint density at radius 1 is 1.10 bits per heavy atom. The summed E-state index contributed by atoms with van der Waals surface area (Å²) in [7, 11) is -3.52. The molecule has 0 bridgehead atoms. The molecule has 0 spiro atoms. The molecule has 7 heteroatoms. The van der Waals surface area contributed by atoms with Gasteiger partial charge < -0.3 is 10.5 Å². The van der Waals surface area contributed by atoms with Crippen LogP contribution in [-0.2, 0) is 9.84 Å². The van der Waals surface area contributed by atoms with Crippen LogP contribution in [0.15, 0.2) is 41.3 Å². The Labute approximate surface area is 114 Å². The van der Waals surface area contributed by atoms with Gasteiger partial charge in [0.2, 0.25) is 0 Å². The van der Waals surface area contributed by atoms with Crippen molar-refractivity contribution in [3.63, 3.8) is 0 Å². The molecule has 0 amide bonds. The SMILES string of the molecule is CS(=O)(=O)c1cccc(Oc2ccc(F)cc2F)c1N. The molecule has 0 fully saturated rings. The summed E-state index contributed by atoms with van der Waals surface area (Å²) in [5.74, 6) is -1.91. The van der Waals surface area contributed by atoms with E-state index < -0.39 is 21.5 Å². The van der Waals surface area contributed by atoms with Crippen LogP contribution in [0.2, 0.25) is 0 Å². The van der Waals surface area contributed by atoms with Crippen LogP contribution >= 0.6 is 0 Å². The van der Waals surface area contributed by atoms with Crippen molar-refractivity contribution in [2.45, 2.75) is 4.90 Å². The summed E-state index contributed by atoms with van der Waals surface area (Å²) in [5, 5.41) is 0. The van der Waals surface area contributed by atoms with E-state index in [0.29, 0.717) is 6.07 Å². The molecular weight excluding hydrogens is 288 g/mol. The minimum atomic E-state index is -3.52. The molecule has 2 N–H and O–H groups in total. The van der Waals surface area contributed by atoms with E-state index in [1.807, 2.05) is 0 Å². The van der Waals surface area contributed by atoms with Crippen LogP contribution in [0.5, 0.6) is 11.5 Å². The van der Waals surface area contributed by atoms with Gasteiger partial charge in [-0.05, 0) is 24.3 Å². The third-order valence-corrected chi connectivity index (χ3v) is 3.69. The predicted octanol–water partition coefficient (Wildman–Crippen LogP) is 2.74. The smallest absolute Gasteiger partial charge is 0.177 e. The maximum absolute atomic E-state index is 13.5. The third-order valence-electron chi connectivity index (χ3n) is 2.54. The van der Waals surface area contributed by atoms with Gasteiger partial charge in [0.1, 0.15) is 5.82 Å². The third kappa shape index (κ3) is 2.88. The summed E-state index contributed by atoms with van der Waals surface area (Å²) < 4.78 is 54.5. The van der Waals surface area contributed by atoms with Gasteiger partial charge in [-0.1, -0.05) is 6.07 Å². The Balaban J connectivity index is 2.45. The molecule has 0 aliphatic heterocycles. The van der Waals surface area contributed by atoms with Crippen LogP contribution in [0.1, 0.15) is 0 Å². The van der Waals surface area contributed by atoms with Gasteiger partial charge in [0.25, 0.3) is 0 Å². The van der Waals surface area contributed by atoms with Gasteiger partial charge in [0.05, 0.1) is 10.6 Å². The van der Waals surface area contributed by atoms with Crippen molar-refractivity contribution < 1.29 is 21.9 Å². The van der Waals surface area contributed by atoms with Crippen LogP contribution in [0.25, 0.3) is 0 Å². The monoisotopic (exact) mass is 299 g/mol. The first-order chi connectivity index (χ1) is 9.29. The average molecular weight is 299 g/mol. The lowest BCUT2D eigenvalue weighted by molar-refractivity contribution is 0.438. The van der Waals surface area contributed by atoms with E-state index in [-0.39, 0.29) is 22.1 Å². The molecule has 0 aliphatic carbocycles. The Morgan fingerprint density at radius 2 is 1.80 bits per heavy atom. The van der Waals surface area contributed by atoms with Crippen molar-refractivity contribution in [1.29, 1.82) is 0 Å². The van der Waals surface area contributed by atoms with Crippen molar-refractivity contribution in [2.75, 3.05) is 12.0 Å². The fourth-order valence-electron chi connectivity index (χ4n) is 1.61. The maximum atomic E-state index is 13.5. The van der Waals surface area contributed by atoms with E-state index in [1.165, 1.54) is 18.2 Å². The Bertz CT molecular complexity index is 760. The fraction of sp³-hybridized carbons (Fsp3) is 0.0769. The highest BCUT2D eigenvalue weighted by Crippen LogP contribution is 2.33. The van der Waals surface area contributed by atoms with E-state index in [4.69, 9.17) is 10.5 Å². The molecule has 0 heterocycles. The van der Waals surface area contributed by atoms with E-state index in [1.54, 1.807) is 0 Å². The van der Waals surface area contributed by atoms with Crippen molar-refractivity contribution in [1.82, 2.24) is 0 Å². The van der Waals surface area contributed by atoms with Crippen molar-refractivity contribution in [2.24, 2.45) is 0 Å². The van der Waals surface area contributed by atoms with Gasteiger partial charge in [0.15, 0.2) is 27.2 Å². The van der Waals surface area contributed by atoms with E-state index in [9.17, 15) is 17.2 Å². The highest BCUT2D eigenvalue weighted by molar-refractivity contribution is 7.90. The summed E-state index contributed by atoms with van der Waals surface area (Å²) in [6, 6.07) is 6.91. The number of hydrogen-bond acceptors (Lipinski definition) is 4. The van der Waals surface area contributed by atoms with Crippen LogP contribution in [0.4, 0.5) is 14.5 Å². The number of benzene rings is 2. The summed E-state index contributed by atoms with van der Waals surface area (Å²) in [6.07, 6.45) is 1.00. The van der Waals surface area contributed by atoms with Crippen molar-refractivity contribution >= 4 is 15.5 Å². The van der Waals surface area contributed by atoms with Crippen LogP contribution in [0.3, 0.4) is 0 Å². The highest BCUT2D eigenvalue weighted by Gasteiger charge is 2.16. The van der Waals surface area contributed by atoms with Gasteiger partial charge in [-0.25, -0.2) is 17.2 Å². The molecule has 0 radical (unpaired) electrons. The zero-order chi connectivity index (χ0) is 14.9. The van der Waals surface area contributed by atoms with Gasteiger partial charge in [-0.15, -0.1) is 0 Å². The second kappa shape index (κ2) is 5.09. The number of hydrogen-bond donors (Lipinski definition) is 1. The Hall–Kier alpha value is -2.15. The summed E-state index contributed by atoms with van der Waals surface area (Å²) >= 11 is 0. The number of sulfone groups is 1. The largest absolute Gasteiger partial charge is 0.452 e. The summed E-state index contributed by atoms with van der Waals surface area (Å²) in [6.45, 7) is 0. The molecule has 0 unspecified atom stereocenters. The quantitative estimate of drug-likeness (QED) is 0.885. The Kier molecular flexibility index (Phi) is 3.63. The normalized spacial score (nSPS) is 11.3. The van der Waals surface area contributed by atoms with Gasteiger partial charge >= 0.3 is 0 Å². The maximum Gasteiger partial charge on any atom is 0.177 e. The minimum absolute atomic E-state index is 0.0153. The topological polar surface area (TPSA) is 69.4 Å². The first-order valence-electron chi connectivity index (χ1n) is 5.50. The van der Waals surface area contributed by atoms with Crippen molar-refractivity contribution in [3.8, 4) is 11.5 Å².